The minimum absolute atomic E-state index is 0.0527. The molecule has 2 heterocycles. The van der Waals surface area contributed by atoms with Gasteiger partial charge in [0.15, 0.2) is 12.0 Å². The highest BCUT2D eigenvalue weighted by Gasteiger charge is 2.18. The number of aldehydes is 1. The third-order valence-corrected chi connectivity index (χ3v) is 2.24. The van der Waals surface area contributed by atoms with Gasteiger partial charge in [-0.25, -0.2) is 9.78 Å². The number of carboxylic acids is 1. The summed E-state index contributed by atoms with van der Waals surface area (Å²) in [6, 6.07) is 4.76. The monoisotopic (exact) mass is 224 g/mol. The van der Waals surface area contributed by atoms with E-state index in [2.05, 4.69) is 4.98 Å². The Kier molecular flexibility index (Phi) is 2.17. The Morgan fingerprint density at radius 2 is 2.27 bits per heavy atom. The molecule has 0 saturated carbocycles. The maximum absolute atomic E-state index is 10.8. The topological polar surface area (TPSA) is 71.7 Å². The molecule has 6 heteroatoms. The number of aromatic carboxylic acids is 1. The summed E-state index contributed by atoms with van der Waals surface area (Å²) >= 11 is 5.83. The van der Waals surface area contributed by atoms with Crippen molar-refractivity contribution in [3.05, 3.63) is 34.7 Å². The fraction of sp³-hybridized carbons (Fsp3) is 0. The highest BCUT2D eigenvalue weighted by molar-refractivity contribution is 6.30. The van der Waals surface area contributed by atoms with Crippen molar-refractivity contribution >= 4 is 29.5 Å². The summed E-state index contributed by atoms with van der Waals surface area (Å²) in [5.74, 6) is -1.25. The number of pyridine rings is 1. The van der Waals surface area contributed by atoms with E-state index in [0.29, 0.717) is 11.9 Å². The van der Waals surface area contributed by atoms with Crippen LogP contribution >= 0.6 is 11.6 Å². The number of rotatable bonds is 2. The van der Waals surface area contributed by atoms with Crippen molar-refractivity contribution < 1.29 is 14.7 Å². The second-order valence-electron chi connectivity index (χ2n) is 2.81. The summed E-state index contributed by atoms with van der Waals surface area (Å²) in [6.45, 7) is 0. The Labute approximate surface area is 88.9 Å². The van der Waals surface area contributed by atoms with Crippen LogP contribution in [0.5, 0.6) is 0 Å². The summed E-state index contributed by atoms with van der Waals surface area (Å²) in [7, 11) is 0. The lowest BCUT2D eigenvalue weighted by Gasteiger charge is -1.97. The maximum atomic E-state index is 10.8. The van der Waals surface area contributed by atoms with Gasteiger partial charge in [0.2, 0.25) is 0 Å². The van der Waals surface area contributed by atoms with E-state index in [1.54, 1.807) is 18.2 Å². The average Bonchev–Trinajstić information content (AvgIpc) is 2.57. The van der Waals surface area contributed by atoms with Crippen LogP contribution in [0.1, 0.15) is 21.0 Å². The van der Waals surface area contributed by atoms with Crippen LogP contribution in [0, 0.1) is 0 Å². The molecule has 0 bridgehead atoms. The van der Waals surface area contributed by atoms with E-state index in [4.69, 9.17) is 16.7 Å². The van der Waals surface area contributed by atoms with Gasteiger partial charge < -0.3 is 5.11 Å². The van der Waals surface area contributed by atoms with Crippen molar-refractivity contribution in [1.29, 1.82) is 0 Å². The number of aromatic nitrogens is 2. The molecule has 2 aromatic heterocycles. The molecule has 1 N–H and O–H groups in total. The molecule has 0 amide bonds. The number of imidazole rings is 1. The molecule has 0 unspecified atom stereocenters. The second-order valence-corrected chi connectivity index (χ2v) is 3.20. The highest BCUT2D eigenvalue weighted by atomic mass is 35.5. The smallest absolute Gasteiger partial charge is 0.356 e. The molecule has 15 heavy (non-hydrogen) atoms. The van der Waals surface area contributed by atoms with Crippen LogP contribution in [0.4, 0.5) is 0 Å². The standard InChI is InChI=1S/C9H5ClN2O3/c10-6-2-1-3-7-11-8(9(14)15)5(4-13)12(6)7/h1-4H,(H,14,15). The molecule has 0 aromatic carbocycles. The molecule has 5 nitrogen and oxygen atoms in total. The number of hydrogen-bond acceptors (Lipinski definition) is 3. The van der Waals surface area contributed by atoms with E-state index in [1.165, 1.54) is 4.40 Å². The average molecular weight is 225 g/mol. The quantitative estimate of drug-likeness (QED) is 0.620. The molecule has 0 radical (unpaired) electrons. The molecule has 2 rings (SSSR count). The van der Waals surface area contributed by atoms with Crippen molar-refractivity contribution in [3.8, 4) is 0 Å². The van der Waals surface area contributed by atoms with E-state index in [0.717, 1.165) is 0 Å². The first kappa shape index (κ1) is 9.67. The molecule has 0 atom stereocenters. The van der Waals surface area contributed by atoms with Crippen LogP contribution < -0.4 is 0 Å². The van der Waals surface area contributed by atoms with Gasteiger partial charge in [-0.1, -0.05) is 17.7 Å². The molecule has 0 fully saturated rings. The second kappa shape index (κ2) is 3.36. The van der Waals surface area contributed by atoms with Crippen molar-refractivity contribution in [3.63, 3.8) is 0 Å². The minimum Gasteiger partial charge on any atom is -0.476 e. The van der Waals surface area contributed by atoms with Crippen LogP contribution in [-0.4, -0.2) is 26.7 Å². The summed E-state index contributed by atoms with van der Waals surface area (Å²) in [6.07, 6.45) is 0.426. The zero-order valence-electron chi connectivity index (χ0n) is 7.35. The number of carbonyl (C=O) groups excluding carboxylic acids is 1. The van der Waals surface area contributed by atoms with Crippen LogP contribution in [-0.2, 0) is 0 Å². The van der Waals surface area contributed by atoms with Crippen molar-refractivity contribution in [1.82, 2.24) is 9.38 Å². The van der Waals surface area contributed by atoms with Gasteiger partial charge >= 0.3 is 5.97 Å². The molecule has 0 aliphatic heterocycles. The van der Waals surface area contributed by atoms with Crippen LogP contribution in [0.25, 0.3) is 5.65 Å². The number of carbonyl (C=O) groups is 2. The normalized spacial score (nSPS) is 10.5. The van der Waals surface area contributed by atoms with Gasteiger partial charge in [-0.2, -0.15) is 0 Å². The minimum atomic E-state index is -1.25. The van der Waals surface area contributed by atoms with Crippen molar-refractivity contribution in [2.75, 3.05) is 0 Å². The number of fused-ring (bicyclic) bond motifs is 1. The lowest BCUT2D eigenvalue weighted by atomic mass is 10.3. The first-order valence-electron chi connectivity index (χ1n) is 4.00. The number of halogens is 1. The molecular formula is C9H5ClN2O3. The fourth-order valence-electron chi connectivity index (χ4n) is 1.34. The molecule has 2 aromatic rings. The highest BCUT2D eigenvalue weighted by Crippen LogP contribution is 2.17. The zero-order valence-corrected chi connectivity index (χ0v) is 8.10. The lowest BCUT2D eigenvalue weighted by Crippen LogP contribution is -2.02. The summed E-state index contributed by atoms with van der Waals surface area (Å²) in [5.41, 5.74) is -0.0109. The van der Waals surface area contributed by atoms with Crippen LogP contribution in [0.3, 0.4) is 0 Å². The fourth-order valence-corrected chi connectivity index (χ4v) is 1.59. The van der Waals surface area contributed by atoms with Crippen LogP contribution in [0.15, 0.2) is 18.2 Å². The van der Waals surface area contributed by atoms with E-state index in [9.17, 15) is 9.59 Å². The van der Waals surface area contributed by atoms with E-state index < -0.39 is 5.97 Å². The summed E-state index contributed by atoms with van der Waals surface area (Å²) in [4.78, 5) is 25.4. The van der Waals surface area contributed by atoms with Crippen LogP contribution in [0.2, 0.25) is 5.15 Å². The largest absolute Gasteiger partial charge is 0.476 e. The predicted octanol–water partition coefficient (Wildman–Crippen LogP) is 1.50. The maximum Gasteiger partial charge on any atom is 0.356 e. The SMILES string of the molecule is O=Cc1c(C(=O)O)nc2cccc(Cl)n12. The van der Waals surface area contributed by atoms with E-state index in [-0.39, 0.29) is 16.5 Å². The first-order valence-corrected chi connectivity index (χ1v) is 4.38. The summed E-state index contributed by atoms with van der Waals surface area (Å²) in [5, 5.41) is 9.06. The lowest BCUT2D eigenvalue weighted by molar-refractivity contribution is 0.0688. The first-order chi connectivity index (χ1) is 7.15. The van der Waals surface area contributed by atoms with Gasteiger partial charge in [0.25, 0.3) is 0 Å². The Morgan fingerprint density at radius 3 is 2.87 bits per heavy atom. The Morgan fingerprint density at radius 1 is 1.53 bits per heavy atom. The third-order valence-electron chi connectivity index (χ3n) is 1.95. The van der Waals surface area contributed by atoms with Gasteiger partial charge in [0.1, 0.15) is 16.5 Å². The van der Waals surface area contributed by atoms with Gasteiger partial charge in [-0.05, 0) is 12.1 Å². The number of carboxylic acid groups (broad SMARTS) is 1. The predicted molar refractivity (Wildman–Crippen MR) is 52.5 cm³/mol. The van der Waals surface area contributed by atoms with Gasteiger partial charge in [0.05, 0.1) is 0 Å². The molecule has 76 valence electrons. The van der Waals surface area contributed by atoms with E-state index >= 15 is 0 Å². The molecule has 0 aliphatic rings. The van der Waals surface area contributed by atoms with Gasteiger partial charge in [0, 0.05) is 0 Å². The van der Waals surface area contributed by atoms with Gasteiger partial charge in [-0.3, -0.25) is 9.20 Å². The molecule has 0 spiro atoms. The van der Waals surface area contributed by atoms with E-state index in [1.807, 2.05) is 0 Å². The molecule has 0 aliphatic carbocycles. The van der Waals surface area contributed by atoms with Gasteiger partial charge in [-0.15, -0.1) is 0 Å². The van der Waals surface area contributed by atoms with Crippen molar-refractivity contribution in [2.24, 2.45) is 0 Å². The zero-order chi connectivity index (χ0) is 11.0. The Balaban J connectivity index is 2.92. The number of nitrogens with zero attached hydrogens (tertiary/aromatic N) is 2. The molecule has 0 saturated heterocycles. The Hall–Kier alpha value is -1.88. The Bertz CT molecular complexity index is 562. The third kappa shape index (κ3) is 1.37. The van der Waals surface area contributed by atoms with Crippen molar-refractivity contribution in [2.45, 2.75) is 0 Å². The number of hydrogen-bond donors (Lipinski definition) is 1. The molecular weight excluding hydrogens is 220 g/mol. The summed E-state index contributed by atoms with van der Waals surface area (Å²) < 4.78 is 1.29.